The Morgan fingerprint density at radius 1 is 1.10 bits per heavy atom. The summed E-state index contributed by atoms with van der Waals surface area (Å²) in [6.45, 7) is 3.74. The Morgan fingerprint density at radius 3 is 2.61 bits per heavy atom. The lowest BCUT2D eigenvalue weighted by Crippen LogP contribution is -2.44. The van der Waals surface area contributed by atoms with Crippen LogP contribution in [-0.2, 0) is 17.5 Å². The highest BCUT2D eigenvalue weighted by Crippen LogP contribution is 2.40. The molecule has 0 amide bonds. The number of fused-ring (bicyclic) bond motifs is 1. The molecule has 1 fully saturated rings. The summed E-state index contributed by atoms with van der Waals surface area (Å²) in [5.74, 6) is 1.67. The van der Waals surface area contributed by atoms with E-state index in [2.05, 4.69) is 10.2 Å². The molecule has 4 heterocycles. The molecule has 3 aromatic heterocycles. The first-order valence-electron chi connectivity index (χ1n) is 13.1. The molecule has 1 aliphatic rings. The Morgan fingerprint density at radius 2 is 1.88 bits per heavy atom. The molecule has 6 rings (SSSR count). The summed E-state index contributed by atoms with van der Waals surface area (Å²) in [7, 11) is 1.59. The van der Waals surface area contributed by atoms with Crippen LogP contribution in [0.25, 0.3) is 28.0 Å². The second-order valence-electron chi connectivity index (χ2n) is 9.86. The summed E-state index contributed by atoms with van der Waals surface area (Å²) < 4.78 is 56.4. The largest absolute Gasteiger partial charge is 0.497 e. The van der Waals surface area contributed by atoms with E-state index in [1.807, 2.05) is 36.1 Å². The second-order valence-corrected chi connectivity index (χ2v) is 9.86. The Bertz CT molecular complexity index is 1760. The molecule has 41 heavy (non-hydrogen) atoms. The van der Waals surface area contributed by atoms with Crippen LogP contribution in [0.5, 0.6) is 5.75 Å². The number of methoxy groups -OCH3 is 1. The average Bonchev–Trinajstić information content (AvgIpc) is 3.56. The first kappa shape index (κ1) is 26.6. The van der Waals surface area contributed by atoms with Crippen LogP contribution in [0.1, 0.15) is 18.1 Å². The van der Waals surface area contributed by atoms with Gasteiger partial charge in [-0.3, -0.25) is 9.89 Å². The smallest absolute Gasteiger partial charge is 0.417 e. The van der Waals surface area contributed by atoms with Crippen molar-refractivity contribution >= 4 is 16.9 Å². The molecule has 5 aromatic rings. The highest BCUT2D eigenvalue weighted by molar-refractivity contribution is 5.96. The number of pyridine rings is 1. The topological polar surface area (TPSA) is 90.2 Å². The zero-order valence-electron chi connectivity index (χ0n) is 22.4. The van der Waals surface area contributed by atoms with Gasteiger partial charge in [-0.25, -0.2) is 14.3 Å². The van der Waals surface area contributed by atoms with Crippen LogP contribution in [0, 0.1) is 0 Å². The Hall–Kier alpha value is -4.58. The fourth-order valence-electron chi connectivity index (χ4n) is 5.21. The lowest BCUT2D eigenvalue weighted by atomic mass is 9.97. The molecule has 0 unspecified atom stereocenters. The maximum absolute atomic E-state index is 14.1. The number of aromatic nitrogens is 5. The number of nitrogens with one attached hydrogen (secondary N) is 1. The van der Waals surface area contributed by atoms with E-state index in [1.54, 1.807) is 30.1 Å². The Balaban J connectivity index is 1.56. The first-order chi connectivity index (χ1) is 19.7. The second kappa shape index (κ2) is 10.4. The van der Waals surface area contributed by atoms with Crippen molar-refractivity contribution in [3.05, 3.63) is 88.3 Å². The van der Waals surface area contributed by atoms with Gasteiger partial charge in [0.2, 0.25) is 0 Å². The molecule has 12 heteroatoms. The van der Waals surface area contributed by atoms with Crippen LogP contribution in [0.2, 0.25) is 0 Å². The van der Waals surface area contributed by atoms with E-state index in [9.17, 15) is 18.0 Å². The molecule has 0 aliphatic carbocycles. The van der Waals surface area contributed by atoms with Crippen molar-refractivity contribution in [1.82, 2.24) is 24.5 Å². The van der Waals surface area contributed by atoms with E-state index < -0.39 is 17.3 Å². The van der Waals surface area contributed by atoms with Crippen molar-refractivity contribution in [1.29, 1.82) is 0 Å². The number of anilines is 1. The van der Waals surface area contributed by atoms with Crippen LogP contribution in [0.4, 0.5) is 19.0 Å². The molecule has 0 radical (unpaired) electrons. The fraction of sp³-hybridized carbons (Fsp3) is 0.276. The van der Waals surface area contributed by atoms with E-state index in [1.165, 1.54) is 22.9 Å². The van der Waals surface area contributed by atoms with E-state index in [4.69, 9.17) is 14.5 Å². The van der Waals surface area contributed by atoms with Crippen LogP contribution in [0.3, 0.4) is 0 Å². The standard InChI is InChI=1S/C29H27F3N6O3/c1-18-17-41-14-13-36(18)24-15-22(21-5-3-4-6-23(21)29(30,31)32)26-27(34-24)38(35-28(26)39)25-11-12-33-37(25)16-19-7-9-20(40-2)10-8-19/h3-12,15,18H,13-14,16-17H2,1-2H3,(H,35,39)/t18-/m1/s1. The number of H-pyrrole nitrogens is 1. The van der Waals surface area contributed by atoms with Crippen LogP contribution in [0.15, 0.2) is 71.7 Å². The predicted molar refractivity (Wildman–Crippen MR) is 148 cm³/mol. The number of benzene rings is 2. The van der Waals surface area contributed by atoms with Gasteiger partial charge in [-0.2, -0.15) is 18.3 Å². The van der Waals surface area contributed by atoms with Gasteiger partial charge in [0, 0.05) is 18.2 Å². The number of hydrogen-bond acceptors (Lipinski definition) is 6. The lowest BCUT2D eigenvalue weighted by Gasteiger charge is -2.34. The minimum atomic E-state index is -4.62. The highest BCUT2D eigenvalue weighted by atomic mass is 19.4. The van der Waals surface area contributed by atoms with Crippen molar-refractivity contribution in [2.24, 2.45) is 0 Å². The summed E-state index contributed by atoms with van der Waals surface area (Å²) in [5, 5.41) is 7.30. The number of ether oxygens (including phenoxy) is 2. The van der Waals surface area contributed by atoms with Gasteiger partial charge in [-0.05, 0) is 42.3 Å². The average molecular weight is 565 g/mol. The third-order valence-electron chi connectivity index (χ3n) is 7.24. The van der Waals surface area contributed by atoms with Gasteiger partial charge < -0.3 is 14.4 Å². The number of aromatic amines is 1. The summed E-state index contributed by atoms with van der Waals surface area (Å²) in [6, 6.07) is 16.0. The fourth-order valence-corrected chi connectivity index (χ4v) is 5.21. The summed E-state index contributed by atoms with van der Waals surface area (Å²) in [5.41, 5.74) is -0.189. The maximum Gasteiger partial charge on any atom is 0.417 e. The first-order valence-corrected chi connectivity index (χ1v) is 13.1. The predicted octanol–water partition coefficient (Wildman–Crippen LogP) is 4.88. The minimum absolute atomic E-state index is 0.0589. The molecule has 0 spiro atoms. The van der Waals surface area contributed by atoms with E-state index in [0.29, 0.717) is 37.9 Å². The molecule has 0 saturated carbocycles. The zero-order valence-corrected chi connectivity index (χ0v) is 22.4. The van der Waals surface area contributed by atoms with Crippen molar-refractivity contribution in [3.8, 4) is 22.7 Å². The van der Waals surface area contributed by atoms with Gasteiger partial charge in [-0.15, -0.1) is 0 Å². The molecular formula is C29H27F3N6O3. The quantitative estimate of drug-likeness (QED) is 0.316. The lowest BCUT2D eigenvalue weighted by molar-refractivity contribution is -0.137. The maximum atomic E-state index is 14.1. The molecule has 0 bridgehead atoms. The molecule has 9 nitrogen and oxygen atoms in total. The van der Waals surface area contributed by atoms with Gasteiger partial charge in [0.1, 0.15) is 11.6 Å². The third-order valence-corrected chi connectivity index (χ3v) is 7.24. The number of nitrogens with zero attached hydrogens (tertiary/aromatic N) is 5. The van der Waals surface area contributed by atoms with Gasteiger partial charge in [-0.1, -0.05) is 30.3 Å². The van der Waals surface area contributed by atoms with Crippen molar-refractivity contribution in [2.45, 2.75) is 25.7 Å². The number of alkyl halides is 3. The van der Waals surface area contributed by atoms with Crippen molar-refractivity contribution < 1.29 is 22.6 Å². The summed E-state index contributed by atoms with van der Waals surface area (Å²) in [4.78, 5) is 20.3. The number of hydrogen-bond donors (Lipinski definition) is 1. The van der Waals surface area contributed by atoms with Crippen LogP contribution >= 0.6 is 0 Å². The molecule has 2 aromatic carbocycles. The SMILES string of the molecule is COc1ccc(Cn2nccc2-n2[nH]c(=O)c3c(-c4ccccc4C(F)(F)F)cc(N4CCOC[C@H]4C)nc32)cc1. The van der Waals surface area contributed by atoms with Crippen molar-refractivity contribution in [2.75, 3.05) is 31.8 Å². The minimum Gasteiger partial charge on any atom is -0.497 e. The van der Waals surface area contributed by atoms with E-state index >= 15 is 0 Å². The van der Waals surface area contributed by atoms with Gasteiger partial charge >= 0.3 is 6.18 Å². The molecular weight excluding hydrogens is 537 g/mol. The molecule has 1 atom stereocenters. The molecule has 212 valence electrons. The van der Waals surface area contributed by atoms with Crippen molar-refractivity contribution in [3.63, 3.8) is 0 Å². The number of morpholine rings is 1. The monoisotopic (exact) mass is 564 g/mol. The molecule has 1 N–H and O–H groups in total. The molecule has 1 saturated heterocycles. The van der Waals surface area contributed by atoms with Gasteiger partial charge in [0.25, 0.3) is 5.56 Å². The zero-order chi connectivity index (χ0) is 28.7. The number of rotatable bonds is 6. The van der Waals surface area contributed by atoms with Gasteiger partial charge in [0.05, 0.1) is 50.1 Å². The van der Waals surface area contributed by atoms with E-state index in [-0.39, 0.29) is 28.2 Å². The summed E-state index contributed by atoms with van der Waals surface area (Å²) >= 11 is 0. The summed E-state index contributed by atoms with van der Waals surface area (Å²) in [6.07, 6.45) is -3.03. The van der Waals surface area contributed by atoms with Crippen LogP contribution in [-0.4, -0.2) is 57.5 Å². The molecule has 1 aliphatic heterocycles. The Labute approximate surface area is 232 Å². The third kappa shape index (κ3) is 4.95. The normalized spacial score (nSPS) is 15.9. The number of halogens is 3. The van der Waals surface area contributed by atoms with Crippen LogP contribution < -0.4 is 15.2 Å². The Kier molecular flexibility index (Phi) is 6.78. The van der Waals surface area contributed by atoms with Gasteiger partial charge in [0.15, 0.2) is 11.5 Å². The van der Waals surface area contributed by atoms with E-state index in [0.717, 1.165) is 17.4 Å². The highest BCUT2D eigenvalue weighted by Gasteiger charge is 2.35.